The van der Waals surface area contributed by atoms with Crippen LogP contribution in [0.25, 0.3) is 0 Å². The first-order valence-corrected chi connectivity index (χ1v) is 6.23. The van der Waals surface area contributed by atoms with Gasteiger partial charge in [0.1, 0.15) is 0 Å². The molecule has 0 aliphatic rings. The molecule has 0 unspecified atom stereocenters. The standard InChI is InChI=1S/C11H14ClN5O2/c1-4-17-6-8(5-13-17)19-11-15-9(12)14-10(16-11)18-7(2)3/h5-7H,4H2,1-3H3. The number of hydrogen-bond donors (Lipinski definition) is 0. The Hall–Kier alpha value is -1.89. The SMILES string of the molecule is CCn1cc(Oc2nc(Cl)nc(OC(C)C)n2)cn1. The van der Waals surface area contributed by atoms with Gasteiger partial charge in [-0.1, -0.05) is 0 Å². The Labute approximate surface area is 115 Å². The van der Waals surface area contributed by atoms with Crippen LogP contribution in [0.3, 0.4) is 0 Å². The molecule has 0 aliphatic heterocycles. The summed E-state index contributed by atoms with van der Waals surface area (Å²) in [7, 11) is 0. The van der Waals surface area contributed by atoms with E-state index in [2.05, 4.69) is 20.1 Å². The van der Waals surface area contributed by atoms with Crippen molar-refractivity contribution in [3.63, 3.8) is 0 Å². The fraction of sp³-hybridized carbons (Fsp3) is 0.455. The van der Waals surface area contributed by atoms with E-state index in [1.807, 2.05) is 20.8 Å². The molecular formula is C11H14ClN5O2. The molecule has 0 fully saturated rings. The maximum Gasteiger partial charge on any atom is 0.329 e. The van der Waals surface area contributed by atoms with Crippen molar-refractivity contribution >= 4 is 11.6 Å². The predicted octanol–water partition coefficient (Wildman–Crippen LogP) is 2.32. The van der Waals surface area contributed by atoms with Crippen LogP contribution in [0.15, 0.2) is 12.4 Å². The van der Waals surface area contributed by atoms with Gasteiger partial charge in [-0.3, -0.25) is 4.68 Å². The molecule has 2 rings (SSSR count). The van der Waals surface area contributed by atoms with Crippen molar-refractivity contribution < 1.29 is 9.47 Å². The van der Waals surface area contributed by atoms with Crippen molar-refractivity contribution in [1.82, 2.24) is 24.7 Å². The van der Waals surface area contributed by atoms with E-state index < -0.39 is 0 Å². The lowest BCUT2D eigenvalue weighted by Crippen LogP contribution is -2.09. The lowest BCUT2D eigenvalue weighted by atomic mass is 10.5. The molecule has 0 saturated heterocycles. The Morgan fingerprint density at radius 1 is 1.26 bits per heavy atom. The molecule has 2 heterocycles. The topological polar surface area (TPSA) is 75.0 Å². The lowest BCUT2D eigenvalue weighted by molar-refractivity contribution is 0.218. The first-order valence-electron chi connectivity index (χ1n) is 5.85. The molecule has 0 amide bonds. The molecule has 0 saturated carbocycles. The van der Waals surface area contributed by atoms with Gasteiger partial charge in [0.2, 0.25) is 5.28 Å². The monoisotopic (exact) mass is 283 g/mol. The molecule has 0 atom stereocenters. The van der Waals surface area contributed by atoms with Crippen molar-refractivity contribution in [3.05, 3.63) is 17.7 Å². The summed E-state index contributed by atoms with van der Waals surface area (Å²) in [6.45, 7) is 6.46. The number of rotatable bonds is 5. The summed E-state index contributed by atoms with van der Waals surface area (Å²) in [4.78, 5) is 11.7. The van der Waals surface area contributed by atoms with Crippen molar-refractivity contribution in [2.24, 2.45) is 0 Å². The molecule has 0 aromatic carbocycles. The zero-order chi connectivity index (χ0) is 13.8. The van der Waals surface area contributed by atoms with Gasteiger partial charge in [-0.15, -0.1) is 4.98 Å². The predicted molar refractivity (Wildman–Crippen MR) is 68.6 cm³/mol. The van der Waals surface area contributed by atoms with Crippen LogP contribution in [-0.2, 0) is 6.54 Å². The largest absolute Gasteiger partial charge is 0.461 e. The summed E-state index contributed by atoms with van der Waals surface area (Å²) < 4.78 is 12.5. The molecule has 2 aromatic rings. The van der Waals surface area contributed by atoms with Gasteiger partial charge in [0.05, 0.1) is 18.5 Å². The van der Waals surface area contributed by atoms with Crippen molar-refractivity contribution in [3.8, 4) is 17.8 Å². The molecule has 0 bridgehead atoms. The van der Waals surface area contributed by atoms with Crippen LogP contribution in [0.5, 0.6) is 17.8 Å². The minimum atomic E-state index is -0.0610. The van der Waals surface area contributed by atoms with Crippen LogP contribution in [-0.4, -0.2) is 30.8 Å². The maximum atomic E-state index is 5.79. The summed E-state index contributed by atoms with van der Waals surface area (Å²) in [5.41, 5.74) is 0. The van der Waals surface area contributed by atoms with Crippen molar-refractivity contribution in [1.29, 1.82) is 0 Å². The fourth-order valence-corrected chi connectivity index (χ4v) is 1.44. The third-order valence-electron chi connectivity index (χ3n) is 2.05. The summed E-state index contributed by atoms with van der Waals surface area (Å²) >= 11 is 5.79. The number of nitrogens with zero attached hydrogens (tertiary/aromatic N) is 5. The fourth-order valence-electron chi connectivity index (χ4n) is 1.30. The Bertz CT molecular complexity index is 558. The molecule has 2 aromatic heterocycles. The van der Waals surface area contributed by atoms with Crippen LogP contribution in [0.2, 0.25) is 5.28 Å². The minimum absolute atomic E-state index is 0.0172. The number of aryl methyl sites for hydroxylation is 1. The van der Waals surface area contributed by atoms with E-state index >= 15 is 0 Å². The van der Waals surface area contributed by atoms with E-state index in [-0.39, 0.29) is 23.4 Å². The average Bonchev–Trinajstić information content (AvgIpc) is 2.74. The molecule has 102 valence electrons. The summed E-state index contributed by atoms with van der Waals surface area (Å²) in [5.74, 6) is 0.527. The van der Waals surface area contributed by atoms with Crippen LogP contribution in [0, 0.1) is 0 Å². The maximum absolute atomic E-state index is 5.79. The first kappa shape index (κ1) is 13.5. The highest BCUT2D eigenvalue weighted by Crippen LogP contribution is 2.20. The van der Waals surface area contributed by atoms with E-state index in [4.69, 9.17) is 21.1 Å². The second-order valence-electron chi connectivity index (χ2n) is 3.97. The van der Waals surface area contributed by atoms with Crippen LogP contribution in [0.1, 0.15) is 20.8 Å². The zero-order valence-electron chi connectivity index (χ0n) is 10.9. The van der Waals surface area contributed by atoms with E-state index in [0.717, 1.165) is 6.54 Å². The lowest BCUT2D eigenvalue weighted by Gasteiger charge is -2.08. The Morgan fingerprint density at radius 2 is 2.00 bits per heavy atom. The Kier molecular flexibility index (Phi) is 4.16. The van der Waals surface area contributed by atoms with Gasteiger partial charge in [-0.2, -0.15) is 15.1 Å². The molecule has 0 radical (unpaired) electrons. The smallest absolute Gasteiger partial charge is 0.329 e. The van der Waals surface area contributed by atoms with E-state index in [0.29, 0.717) is 5.75 Å². The number of aromatic nitrogens is 5. The first-order chi connectivity index (χ1) is 9.06. The number of ether oxygens (including phenoxy) is 2. The van der Waals surface area contributed by atoms with Crippen molar-refractivity contribution in [2.75, 3.05) is 0 Å². The Balaban J connectivity index is 2.17. The second-order valence-corrected chi connectivity index (χ2v) is 4.31. The van der Waals surface area contributed by atoms with Gasteiger partial charge in [0, 0.05) is 6.54 Å². The normalized spacial score (nSPS) is 10.8. The quantitative estimate of drug-likeness (QED) is 0.838. The molecule has 8 heteroatoms. The van der Waals surface area contributed by atoms with E-state index in [1.54, 1.807) is 17.1 Å². The van der Waals surface area contributed by atoms with E-state index in [9.17, 15) is 0 Å². The van der Waals surface area contributed by atoms with Gasteiger partial charge in [-0.25, -0.2) is 0 Å². The van der Waals surface area contributed by atoms with Crippen LogP contribution in [0.4, 0.5) is 0 Å². The van der Waals surface area contributed by atoms with Gasteiger partial charge >= 0.3 is 12.0 Å². The minimum Gasteiger partial charge on any atom is -0.461 e. The third-order valence-corrected chi connectivity index (χ3v) is 2.22. The molecule has 0 N–H and O–H groups in total. The molecule has 19 heavy (non-hydrogen) atoms. The van der Waals surface area contributed by atoms with Gasteiger partial charge < -0.3 is 9.47 Å². The molecule has 0 aliphatic carbocycles. The molecule has 0 spiro atoms. The highest BCUT2D eigenvalue weighted by atomic mass is 35.5. The zero-order valence-corrected chi connectivity index (χ0v) is 11.6. The van der Waals surface area contributed by atoms with Gasteiger partial charge in [0.25, 0.3) is 0 Å². The number of hydrogen-bond acceptors (Lipinski definition) is 6. The molecular weight excluding hydrogens is 270 g/mol. The van der Waals surface area contributed by atoms with Crippen LogP contribution < -0.4 is 9.47 Å². The number of halogens is 1. The highest BCUT2D eigenvalue weighted by Gasteiger charge is 2.10. The Morgan fingerprint density at radius 3 is 2.63 bits per heavy atom. The average molecular weight is 284 g/mol. The highest BCUT2D eigenvalue weighted by molar-refractivity contribution is 6.28. The summed E-state index contributed by atoms with van der Waals surface area (Å²) in [5, 5.41) is 4.10. The van der Waals surface area contributed by atoms with E-state index in [1.165, 1.54) is 0 Å². The molecule has 7 nitrogen and oxygen atoms in total. The van der Waals surface area contributed by atoms with Crippen molar-refractivity contribution in [2.45, 2.75) is 33.4 Å². The third kappa shape index (κ3) is 3.78. The summed E-state index contributed by atoms with van der Waals surface area (Å²) in [6.07, 6.45) is 3.25. The second kappa shape index (κ2) is 5.83. The van der Waals surface area contributed by atoms with Crippen LogP contribution >= 0.6 is 11.6 Å². The summed E-state index contributed by atoms with van der Waals surface area (Å²) in [6, 6.07) is 0.208. The van der Waals surface area contributed by atoms with Gasteiger partial charge in [-0.05, 0) is 32.4 Å². The van der Waals surface area contributed by atoms with Gasteiger partial charge in [0.15, 0.2) is 5.75 Å².